The van der Waals surface area contributed by atoms with Crippen LogP contribution >= 0.6 is 15.9 Å². The van der Waals surface area contributed by atoms with Crippen LogP contribution in [0.4, 0.5) is 11.4 Å². The number of nitrogen functional groups attached to an aromatic ring is 1. The zero-order valence-corrected chi connectivity index (χ0v) is 14.3. The van der Waals surface area contributed by atoms with Gasteiger partial charge in [0.15, 0.2) is 0 Å². The molecule has 3 N–H and O–H groups in total. The number of aryl methyl sites for hydroxylation is 2. The molecule has 0 heterocycles. The highest BCUT2D eigenvalue weighted by Gasteiger charge is 2.15. The third-order valence-corrected chi connectivity index (χ3v) is 4.88. The predicted octanol–water partition coefficient (Wildman–Crippen LogP) is 3.59. The molecule has 0 aliphatic rings. The van der Waals surface area contributed by atoms with Gasteiger partial charge in [-0.05, 0) is 64.7 Å². The molecule has 0 atom stereocenters. The summed E-state index contributed by atoms with van der Waals surface area (Å²) in [6.07, 6.45) is 0. The predicted molar refractivity (Wildman–Crippen MR) is 90.7 cm³/mol. The van der Waals surface area contributed by atoms with E-state index in [4.69, 9.17) is 5.73 Å². The Morgan fingerprint density at radius 3 is 2.33 bits per heavy atom. The molecule has 0 saturated carbocycles. The molecule has 0 bridgehead atoms. The number of sulfonamides is 1. The largest absolute Gasteiger partial charge is 0.399 e. The van der Waals surface area contributed by atoms with Crippen LogP contribution in [0.5, 0.6) is 0 Å². The number of hydrogen-bond donors (Lipinski definition) is 2. The van der Waals surface area contributed by atoms with E-state index in [1.807, 2.05) is 26.0 Å². The van der Waals surface area contributed by atoms with E-state index >= 15 is 0 Å². The molecule has 0 amide bonds. The average molecular weight is 369 g/mol. The number of hydrogen-bond acceptors (Lipinski definition) is 3. The summed E-state index contributed by atoms with van der Waals surface area (Å²) in [7, 11) is -3.48. The van der Waals surface area contributed by atoms with Crippen LogP contribution in [0.3, 0.4) is 0 Å². The van der Waals surface area contributed by atoms with Crippen LogP contribution in [-0.2, 0) is 15.8 Å². The van der Waals surface area contributed by atoms with Gasteiger partial charge >= 0.3 is 0 Å². The minimum atomic E-state index is -3.48. The minimum absolute atomic E-state index is 0.0902. The third kappa shape index (κ3) is 4.22. The van der Waals surface area contributed by atoms with Crippen LogP contribution in [0.1, 0.15) is 16.7 Å². The van der Waals surface area contributed by atoms with Gasteiger partial charge in [-0.25, -0.2) is 8.42 Å². The maximum Gasteiger partial charge on any atom is 0.236 e. The minimum Gasteiger partial charge on any atom is -0.399 e. The molecule has 2 aromatic rings. The van der Waals surface area contributed by atoms with Gasteiger partial charge in [-0.3, -0.25) is 4.72 Å². The Labute approximate surface area is 133 Å². The molecular weight excluding hydrogens is 352 g/mol. The van der Waals surface area contributed by atoms with E-state index in [2.05, 4.69) is 20.7 Å². The first-order valence-corrected chi connectivity index (χ1v) is 8.83. The van der Waals surface area contributed by atoms with Crippen molar-refractivity contribution >= 4 is 37.3 Å². The second kappa shape index (κ2) is 6.07. The smallest absolute Gasteiger partial charge is 0.236 e. The standard InChI is InChI=1S/C15H17BrN2O2S/c1-10-7-11(2)15(14(16)8-10)18-21(19,20)9-12-3-5-13(17)6-4-12/h3-8,18H,9,17H2,1-2H3. The van der Waals surface area contributed by atoms with E-state index in [1.54, 1.807) is 24.3 Å². The average Bonchev–Trinajstić information content (AvgIpc) is 2.36. The molecule has 112 valence electrons. The maximum absolute atomic E-state index is 12.3. The summed E-state index contributed by atoms with van der Waals surface area (Å²) in [4.78, 5) is 0. The Bertz CT molecular complexity index is 733. The van der Waals surface area contributed by atoms with Crippen molar-refractivity contribution in [1.29, 1.82) is 0 Å². The zero-order valence-electron chi connectivity index (χ0n) is 11.9. The molecule has 0 aromatic heterocycles. The van der Waals surface area contributed by atoms with Crippen LogP contribution in [0.2, 0.25) is 0 Å². The fraction of sp³-hybridized carbons (Fsp3) is 0.200. The Balaban J connectivity index is 2.24. The normalized spacial score (nSPS) is 11.4. The lowest BCUT2D eigenvalue weighted by atomic mass is 10.1. The summed E-state index contributed by atoms with van der Waals surface area (Å²) in [5.74, 6) is -0.0902. The number of halogens is 1. The lowest BCUT2D eigenvalue weighted by Gasteiger charge is -2.13. The Hall–Kier alpha value is -1.53. The fourth-order valence-corrected chi connectivity index (χ4v) is 4.26. The number of anilines is 2. The first kappa shape index (κ1) is 15.9. The number of nitrogens with one attached hydrogen (secondary N) is 1. The quantitative estimate of drug-likeness (QED) is 0.809. The Morgan fingerprint density at radius 1 is 1.14 bits per heavy atom. The molecule has 0 saturated heterocycles. The van der Waals surface area contributed by atoms with Crippen LogP contribution in [0, 0.1) is 13.8 Å². The SMILES string of the molecule is Cc1cc(C)c(NS(=O)(=O)Cc2ccc(N)cc2)c(Br)c1. The number of benzene rings is 2. The lowest BCUT2D eigenvalue weighted by molar-refractivity contribution is 0.600. The van der Waals surface area contributed by atoms with E-state index in [0.717, 1.165) is 15.6 Å². The van der Waals surface area contributed by atoms with Crippen molar-refractivity contribution in [3.8, 4) is 0 Å². The molecule has 0 unspecified atom stereocenters. The fourth-order valence-electron chi connectivity index (χ4n) is 2.07. The van der Waals surface area contributed by atoms with E-state index in [1.165, 1.54) is 0 Å². The summed E-state index contributed by atoms with van der Waals surface area (Å²) in [6, 6.07) is 10.6. The second-order valence-electron chi connectivity index (χ2n) is 5.04. The molecule has 0 aliphatic heterocycles. The van der Waals surface area contributed by atoms with Gasteiger partial charge in [0.05, 0.1) is 11.4 Å². The van der Waals surface area contributed by atoms with Crippen LogP contribution < -0.4 is 10.5 Å². The molecule has 2 rings (SSSR count). The molecular formula is C15H17BrN2O2S. The van der Waals surface area contributed by atoms with Gasteiger partial charge in [0, 0.05) is 10.2 Å². The Morgan fingerprint density at radius 2 is 1.76 bits per heavy atom. The molecule has 0 spiro atoms. The van der Waals surface area contributed by atoms with E-state index < -0.39 is 10.0 Å². The maximum atomic E-state index is 12.3. The second-order valence-corrected chi connectivity index (χ2v) is 7.62. The van der Waals surface area contributed by atoms with Crippen LogP contribution in [0.25, 0.3) is 0 Å². The third-order valence-electron chi connectivity index (χ3n) is 3.03. The van der Waals surface area contributed by atoms with E-state index in [-0.39, 0.29) is 5.75 Å². The molecule has 6 heteroatoms. The van der Waals surface area contributed by atoms with Gasteiger partial charge in [0.25, 0.3) is 0 Å². The van der Waals surface area contributed by atoms with Gasteiger partial charge in [-0.2, -0.15) is 0 Å². The molecule has 21 heavy (non-hydrogen) atoms. The lowest BCUT2D eigenvalue weighted by Crippen LogP contribution is -2.16. The Kier molecular flexibility index (Phi) is 4.58. The first-order chi connectivity index (χ1) is 9.77. The molecule has 0 radical (unpaired) electrons. The highest BCUT2D eigenvalue weighted by atomic mass is 79.9. The number of nitrogens with two attached hydrogens (primary N) is 1. The monoisotopic (exact) mass is 368 g/mol. The van der Waals surface area contributed by atoms with Crippen molar-refractivity contribution < 1.29 is 8.42 Å². The molecule has 2 aromatic carbocycles. The summed E-state index contributed by atoms with van der Waals surface area (Å²) >= 11 is 3.40. The van der Waals surface area contributed by atoms with Crippen molar-refractivity contribution in [2.24, 2.45) is 0 Å². The van der Waals surface area contributed by atoms with Gasteiger partial charge in [0.2, 0.25) is 10.0 Å². The highest BCUT2D eigenvalue weighted by Crippen LogP contribution is 2.29. The van der Waals surface area contributed by atoms with Crippen molar-refractivity contribution in [3.05, 3.63) is 57.6 Å². The van der Waals surface area contributed by atoms with Crippen molar-refractivity contribution in [2.45, 2.75) is 19.6 Å². The van der Waals surface area contributed by atoms with E-state index in [0.29, 0.717) is 16.9 Å². The topological polar surface area (TPSA) is 72.2 Å². The highest BCUT2D eigenvalue weighted by molar-refractivity contribution is 9.10. The van der Waals surface area contributed by atoms with Crippen LogP contribution in [-0.4, -0.2) is 8.42 Å². The van der Waals surface area contributed by atoms with Gasteiger partial charge in [0.1, 0.15) is 0 Å². The summed E-state index contributed by atoms with van der Waals surface area (Å²) < 4.78 is 27.9. The first-order valence-electron chi connectivity index (χ1n) is 6.38. The van der Waals surface area contributed by atoms with Gasteiger partial charge < -0.3 is 5.73 Å². The van der Waals surface area contributed by atoms with E-state index in [9.17, 15) is 8.42 Å². The molecule has 0 fully saturated rings. The van der Waals surface area contributed by atoms with Gasteiger partial charge in [-0.15, -0.1) is 0 Å². The van der Waals surface area contributed by atoms with Gasteiger partial charge in [-0.1, -0.05) is 18.2 Å². The summed E-state index contributed by atoms with van der Waals surface area (Å²) in [6.45, 7) is 3.84. The van der Waals surface area contributed by atoms with Crippen molar-refractivity contribution in [3.63, 3.8) is 0 Å². The van der Waals surface area contributed by atoms with Crippen molar-refractivity contribution in [1.82, 2.24) is 0 Å². The summed E-state index contributed by atoms with van der Waals surface area (Å²) in [5.41, 5.74) is 9.43. The van der Waals surface area contributed by atoms with Crippen molar-refractivity contribution in [2.75, 3.05) is 10.5 Å². The number of rotatable bonds is 4. The molecule has 4 nitrogen and oxygen atoms in total. The van der Waals surface area contributed by atoms with Crippen LogP contribution in [0.15, 0.2) is 40.9 Å². The zero-order chi connectivity index (χ0) is 15.6. The molecule has 0 aliphatic carbocycles. The summed E-state index contributed by atoms with van der Waals surface area (Å²) in [5, 5.41) is 0.